The number of rotatable bonds is 6. The average molecular weight is 445 g/mol. The summed E-state index contributed by atoms with van der Waals surface area (Å²) in [5.41, 5.74) is 1.50. The van der Waals surface area contributed by atoms with Crippen molar-refractivity contribution >= 4 is 58.1 Å². The zero-order chi connectivity index (χ0) is 21.7. The molecule has 0 saturated carbocycles. The number of carbonyl (C=O) groups excluding carboxylic acids is 4. The van der Waals surface area contributed by atoms with E-state index >= 15 is 0 Å². The molecule has 1 aliphatic heterocycles. The predicted molar refractivity (Wildman–Crippen MR) is 115 cm³/mol. The molecule has 3 rings (SSSR count). The maximum absolute atomic E-state index is 12.5. The summed E-state index contributed by atoms with van der Waals surface area (Å²) in [5.74, 6) is -1.53. The minimum Gasteiger partial charge on any atom is -0.462 e. The van der Waals surface area contributed by atoms with E-state index in [1.807, 2.05) is 0 Å². The van der Waals surface area contributed by atoms with E-state index in [0.29, 0.717) is 16.3 Å². The van der Waals surface area contributed by atoms with Crippen LogP contribution in [0.3, 0.4) is 0 Å². The normalized spacial score (nSPS) is 14.9. The fourth-order valence-electron chi connectivity index (χ4n) is 2.59. The molecular weight excluding hydrogens is 428 g/mol. The zero-order valence-corrected chi connectivity index (χ0v) is 17.5. The monoisotopic (exact) mass is 444 g/mol. The fourth-order valence-corrected chi connectivity index (χ4v) is 3.56. The van der Waals surface area contributed by atoms with Crippen molar-refractivity contribution in [2.75, 3.05) is 18.5 Å². The summed E-state index contributed by atoms with van der Waals surface area (Å²) in [4.78, 5) is 49.8. The van der Waals surface area contributed by atoms with Gasteiger partial charge in [-0.15, -0.1) is 0 Å². The molecule has 0 spiro atoms. The third-order valence-electron chi connectivity index (χ3n) is 4.02. The molecule has 3 amide bonds. The predicted octanol–water partition coefficient (Wildman–Crippen LogP) is 4.19. The molecule has 1 saturated heterocycles. The van der Waals surface area contributed by atoms with E-state index in [-0.39, 0.29) is 11.5 Å². The lowest BCUT2D eigenvalue weighted by Crippen LogP contribution is -2.36. The lowest BCUT2D eigenvalue weighted by molar-refractivity contribution is -0.127. The number of benzene rings is 2. The minimum atomic E-state index is -0.534. The van der Waals surface area contributed by atoms with E-state index in [9.17, 15) is 19.2 Å². The number of hydrogen-bond donors (Lipinski definition) is 1. The quantitative estimate of drug-likeness (QED) is 0.530. The van der Waals surface area contributed by atoms with Gasteiger partial charge >= 0.3 is 5.97 Å². The van der Waals surface area contributed by atoms with Gasteiger partial charge in [-0.25, -0.2) is 4.79 Å². The number of esters is 1. The number of carbonyl (C=O) groups is 4. The van der Waals surface area contributed by atoms with Crippen LogP contribution in [0.15, 0.2) is 53.4 Å². The van der Waals surface area contributed by atoms with Crippen LogP contribution in [0.1, 0.15) is 22.8 Å². The minimum absolute atomic E-state index is 0.230. The van der Waals surface area contributed by atoms with Crippen LogP contribution in [0.5, 0.6) is 0 Å². The highest BCUT2D eigenvalue weighted by Gasteiger charge is 2.36. The Balaban J connectivity index is 1.62. The Hall–Kier alpha value is -3.10. The summed E-state index contributed by atoms with van der Waals surface area (Å²) in [5, 5.41) is 2.64. The lowest BCUT2D eigenvalue weighted by Gasteiger charge is -2.12. The molecule has 7 nitrogen and oxygen atoms in total. The van der Waals surface area contributed by atoms with Crippen LogP contribution in [0.25, 0.3) is 6.08 Å². The van der Waals surface area contributed by atoms with Crippen molar-refractivity contribution in [3.05, 3.63) is 69.6 Å². The van der Waals surface area contributed by atoms with Crippen LogP contribution in [-0.4, -0.2) is 41.1 Å². The summed E-state index contributed by atoms with van der Waals surface area (Å²) in [6.07, 6.45) is 1.58. The Bertz CT molecular complexity index is 1020. The highest BCUT2D eigenvalue weighted by Crippen LogP contribution is 2.32. The van der Waals surface area contributed by atoms with Crippen molar-refractivity contribution < 1.29 is 23.9 Å². The van der Waals surface area contributed by atoms with Gasteiger partial charge in [0.15, 0.2) is 0 Å². The van der Waals surface area contributed by atoms with E-state index < -0.39 is 29.6 Å². The highest BCUT2D eigenvalue weighted by atomic mass is 35.5. The molecule has 30 heavy (non-hydrogen) atoms. The average Bonchev–Trinajstić information content (AvgIpc) is 2.98. The molecule has 1 heterocycles. The number of anilines is 1. The molecule has 0 atom stereocenters. The molecule has 2 aromatic carbocycles. The molecule has 1 fully saturated rings. The molecule has 0 radical (unpaired) electrons. The summed E-state index contributed by atoms with van der Waals surface area (Å²) in [6, 6.07) is 12.9. The smallest absolute Gasteiger partial charge is 0.338 e. The van der Waals surface area contributed by atoms with Crippen molar-refractivity contribution in [3.63, 3.8) is 0 Å². The zero-order valence-electron chi connectivity index (χ0n) is 15.9. The Kier molecular flexibility index (Phi) is 6.91. The van der Waals surface area contributed by atoms with Crippen LogP contribution in [0, 0.1) is 0 Å². The van der Waals surface area contributed by atoms with Gasteiger partial charge in [-0.05, 0) is 66.7 Å². The number of halogens is 1. The summed E-state index contributed by atoms with van der Waals surface area (Å²) >= 11 is 6.62. The van der Waals surface area contributed by atoms with Crippen LogP contribution in [-0.2, 0) is 14.3 Å². The Morgan fingerprint density at radius 1 is 1.10 bits per heavy atom. The summed E-state index contributed by atoms with van der Waals surface area (Å²) in [7, 11) is 0. The Labute approximate surface area is 182 Å². The summed E-state index contributed by atoms with van der Waals surface area (Å²) < 4.78 is 4.90. The number of nitrogens with one attached hydrogen (secondary N) is 1. The molecule has 1 aliphatic rings. The highest BCUT2D eigenvalue weighted by molar-refractivity contribution is 8.18. The van der Waals surface area contributed by atoms with Gasteiger partial charge in [0, 0.05) is 10.7 Å². The van der Waals surface area contributed by atoms with Crippen LogP contribution in [0.4, 0.5) is 10.5 Å². The van der Waals surface area contributed by atoms with E-state index in [1.165, 1.54) is 12.1 Å². The topological polar surface area (TPSA) is 92.8 Å². The Morgan fingerprint density at radius 3 is 2.40 bits per heavy atom. The van der Waals surface area contributed by atoms with E-state index in [0.717, 1.165) is 22.2 Å². The standard InChI is InChI=1S/C21H17ClN2O5S/c1-2-29-20(27)14-5-9-16(10-6-14)23-18(25)12-24-19(26)17(30-21(24)28)11-13-3-7-15(22)8-4-13/h3-11H,2,12H2,1H3,(H,23,25)/b17-11-. The fraction of sp³-hybridized carbons (Fsp3) is 0.143. The second kappa shape index (κ2) is 9.60. The van der Waals surface area contributed by atoms with Gasteiger partial charge in [0.2, 0.25) is 5.91 Å². The first-order valence-corrected chi connectivity index (χ1v) is 10.1. The van der Waals surface area contributed by atoms with Gasteiger partial charge in [-0.2, -0.15) is 0 Å². The Morgan fingerprint density at radius 2 is 1.77 bits per heavy atom. The molecule has 0 bridgehead atoms. The van der Waals surface area contributed by atoms with Crippen molar-refractivity contribution in [2.24, 2.45) is 0 Å². The van der Waals surface area contributed by atoms with E-state index in [1.54, 1.807) is 49.4 Å². The molecule has 0 aliphatic carbocycles. The molecule has 2 aromatic rings. The van der Waals surface area contributed by atoms with Gasteiger partial charge in [0.1, 0.15) is 6.54 Å². The van der Waals surface area contributed by atoms with Crippen LogP contribution < -0.4 is 5.32 Å². The van der Waals surface area contributed by atoms with Crippen molar-refractivity contribution in [1.82, 2.24) is 4.90 Å². The van der Waals surface area contributed by atoms with E-state index in [2.05, 4.69) is 5.32 Å². The third kappa shape index (κ3) is 5.28. The molecule has 154 valence electrons. The second-order valence-corrected chi connectivity index (χ2v) is 7.60. The van der Waals surface area contributed by atoms with Crippen molar-refractivity contribution in [2.45, 2.75) is 6.92 Å². The van der Waals surface area contributed by atoms with E-state index in [4.69, 9.17) is 16.3 Å². The molecule has 1 N–H and O–H groups in total. The molecule has 9 heteroatoms. The van der Waals surface area contributed by atoms with Gasteiger partial charge in [-0.1, -0.05) is 23.7 Å². The molecule has 0 aromatic heterocycles. The number of imide groups is 1. The van der Waals surface area contributed by atoms with Crippen LogP contribution in [0.2, 0.25) is 5.02 Å². The van der Waals surface area contributed by atoms with Gasteiger partial charge in [-0.3, -0.25) is 19.3 Å². The largest absolute Gasteiger partial charge is 0.462 e. The summed E-state index contributed by atoms with van der Waals surface area (Å²) in [6.45, 7) is 1.56. The van der Waals surface area contributed by atoms with Crippen molar-refractivity contribution in [1.29, 1.82) is 0 Å². The number of thioether (sulfide) groups is 1. The maximum Gasteiger partial charge on any atom is 0.338 e. The first kappa shape index (κ1) is 21.6. The van der Waals surface area contributed by atoms with Crippen LogP contribution >= 0.6 is 23.4 Å². The van der Waals surface area contributed by atoms with Crippen molar-refractivity contribution in [3.8, 4) is 0 Å². The number of hydrogen-bond acceptors (Lipinski definition) is 6. The van der Waals surface area contributed by atoms with Gasteiger partial charge in [0.05, 0.1) is 17.1 Å². The van der Waals surface area contributed by atoms with Gasteiger partial charge in [0.25, 0.3) is 11.1 Å². The van der Waals surface area contributed by atoms with Gasteiger partial charge < -0.3 is 10.1 Å². The first-order valence-electron chi connectivity index (χ1n) is 8.95. The first-order chi connectivity index (χ1) is 14.4. The maximum atomic E-state index is 12.5. The lowest BCUT2D eigenvalue weighted by atomic mass is 10.2. The number of amides is 3. The molecule has 0 unspecified atom stereocenters. The SMILES string of the molecule is CCOC(=O)c1ccc(NC(=O)CN2C(=O)S/C(=C\c3ccc(Cl)cc3)C2=O)cc1. The second-order valence-electron chi connectivity index (χ2n) is 6.17. The number of ether oxygens (including phenoxy) is 1. The molecular formula is C21H17ClN2O5S. The third-order valence-corrected chi connectivity index (χ3v) is 5.18. The number of nitrogens with zero attached hydrogens (tertiary/aromatic N) is 1.